The maximum atomic E-state index is 13.5. The number of nitrogens with one attached hydrogen (secondary N) is 1. The molecule has 1 unspecified atom stereocenters. The maximum Gasteiger partial charge on any atom is 0.250 e. The molecule has 0 aromatic heterocycles. The first kappa shape index (κ1) is 24.0. The first-order chi connectivity index (χ1) is 16.2. The number of benzene rings is 2. The minimum absolute atomic E-state index is 0.0756. The molecule has 2 aliphatic heterocycles. The van der Waals surface area contributed by atoms with E-state index in [-0.39, 0.29) is 23.4 Å². The van der Waals surface area contributed by atoms with Crippen LogP contribution >= 0.6 is 0 Å². The van der Waals surface area contributed by atoms with Crippen molar-refractivity contribution in [2.24, 2.45) is 0 Å². The minimum atomic E-state index is -3.71. The molecule has 9 nitrogen and oxygen atoms in total. The molecule has 0 aliphatic carbocycles. The second-order valence-electron chi connectivity index (χ2n) is 8.54. The summed E-state index contributed by atoms with van der Waals surface area (Å²) in [7, 11) is -0.790. The normalized spacial score (nSPS) is 17.9. The molecular formula is C24H30N4O5S. The van der Waals surface area contributed by atoms with E-state index in [4.69, 9.17) is 4.74 Å². The number of para-hydroxylation sites is 2. The molecule has 10 heteroatoms. The van der Waals surface area contributed by atoms with Gasteiger partial charge >= 0.3 is 0 Å². The van der Waals surface area contributed by atoms with Gasteiger partial charge in [0.15, 0.2) is 0 Å². The Hall–Kier alpha value is -3.11. The summed E-state index contributed by atoms with van der Waals surface area (Å²) >= 11 is 0. The first-order valence-electron chi connectivity index (χ1n) is 11.4. The number of fused-ring (bicyclic) bond motifs is 3. The van der Waals surface area contributed by atoms with Gasteiger partial charge in [0.1, 0.15) is 18.3 Å². The second-order valence-corrected chi connectivity index (χ2v) is 10.7. The van der Waals surface area contributed by atoms with Gasteiger partial charge in [-0.3, -0.25) is 14.5 Å². The van der Waals surface area contributed by atoms with Crippen molar-refractivity contribution < 1.29 is 22.7 Å². The van der Waals surface area contributed by atoms with Crippen LogP contribution in [0, 0.1) is 0 Å². The molecule has 0 spiro atoms. The molecular weight excluding hydrogens is 456 g/mol. The molecule has 2 aromatic rings. The third-order valence-corrected chi connectivity index (χ3v) is 7.95. The quantitative estimate of drug-likeness (QED) is 0.646. The van der Waals surface area contributed by atoms with Crippen LogP contribution in [0.2, 0.25) is 0 Å². The highest BCUT2D eigenvalue weighted by Crippen LogP contribution is 2.41. The van der Waals surface area contributed by atoms with Gasteiger partial charge in [-0.1, -0.05) is 12.1 Å². The monoisotopic (exact) mass is 486 g/mol. The second kappa shape index (κ2) is 9.63. The van der Waals surface area contributed by atoms with E-state index in [0.29, 0.717) is 36.7 Å². The van der Waals surface area contributed by atoms with Crippen LogP contribution in [-0.2, 0) is 19.6 Å². The molecule has 1 saturated heterocycles. The summed E-state index contributed by atoms with van der Waals surface area (Å²) in [6.45, 7) is 2.79. The van der Waals surface area contributed by atoms with Gasteiger partial charge in [0, 0.05) is 20.6 Å². The van der Waals surface area contributed by atoms with Crippen LogP contribution < -0.4 is 19.9 Å². The largest absolute Gasteiger partial charge is 0.492 e. The molecule has 2 heterocycles. The number of ether oxygens (including phenoxy) is 1. The van der Waals surface area contributed by atoms with Crippen LogP contribution in [0.15, 0.2) is 47.4 Å². The Bertz CT molecular complexity index is 1200. The van der Waals surface area contributed by atoms with E-state index in [0.717, 1.165) is 22.8 Å². The number of sulfonamides is 1. The molecule has 1 fully saturated rings. The topological polar surface area (TPSA) is 99.3 Å². The van der Waals surface area contributed by atoms with Crippen LogP contribution in [0.25, 0.3) is 0 Å². The van der Waals surface area contributed by atoms with Crippen molar-refractivity contribution in [3.8, 4) is 5.75 Å². The zero-order chi connectivity index (χ0) is 24.5. The number of carbonyl (C=O) groups excluding carboxylic acids is 2. The SMILES string of the molecule is CCOc1ccccc1NC(=O)CN1C(=O)C2CCCCN2c2ccc(S(=O)(=O)N(C)C)cc21. The number of anilines is 3. The van der Waals surface area contributed by atoms with Gasteiger partial charge in [-0.25, -0.2) is 12.7 Å². The van der Waals surface area contributed by atoms with Gasteiger partial charge in [0.25, 0.3) is 0 Å². The molecule has 2 amide bonds. The number of hydrogen-bond acceptors (Lipinski definition) is 6. The van der Waals surface area contributed by atoms with Crippen molar-refractivity contribution in [3.05, 3.63) is 42.5 Å². The number of nitrogens with zero attached hydrogens (tertiary/aromatic N) is 3. The molecule has 1 N–H and O–H groups in total. The molecule has 0 saturated carbocycles. The van der Waals surface area contributed by atoms with Gasteiger partial charge in [-0.05, 0) is 56.5 Å². The van der Waals surface area contributed by atoms with Crippen molar-refractivity contribution in [1.29, 1.82) is 0 Å². The van der Waals surface area contributed by atoms with E-state index in [1.54, 1.807) is 30.3 Å². The fraction of sp³-hybridized carbons (Fsp3) is 0.417. The standard InChI is InChI=1S/C24H30N4O5S/c1-4-33-22-11-6-5-9-18(22)25-23(29)16-28-21-15-17(34(31,32)26(2)3)12-13-19(21)27-14-8-7-10-20(27)24(28)30/h5-6,9,11-13,15,20H,4,7-8,10,14,16H2,1-3H3,(H,25,29). The molecule has 0 bridgehead atoms. The summed E-state index contributed by atoms with van der Waals surface area (Å²) in [4.78, 5) is 30.1. The molecule has 4 rings (SSSR count). The summed E-state index contributed by atoms with van der Waals surface area (Å²) in [5.41, 5.74) is 1.71. The molecule has 182 valence electrons. The van der Waals surface area contributed by atoms with E-state index in [1.165, 1.54) is 25.1 Å². The Morgan fingerprint density at radius 1 is 1.15 bits per heavy atom. The fourth-order valence-corrected chi connectivity index (χ4v) is 5.38. The number of rotatable bonds is 7. The number of amides is 2. The number of piperidine rings is 1. The average Bonchev–Trinajstić information content (AvgIpc) is 2.82. The van der Waals surface area contributed by atoms with Crippen LogP contribution in [-0.4, -0.2) is 64.4 Å². The summed E-state index contributed by atoms with van der Waals surface area (Å²) in [5, 5.41) is 2.83. The van der Waals surface area contributed by atoms with Gasteiger partial charge in [-0.2, -0.15) is 0 Å². The fourth-order valence-electron chi connectivity index (χ4n) is 4.46. The van der Waals surface area contributed by atoms with E-state index >= 15 is 0 Å². The smallest absolute Gasteiger partial charge is 0.250 e. The summed E-state index contributed by atoms with van der Waals surface area (Å²) in [5.74, 6) is -0.0436. The van der Waals surface area contributed by atoms with Crippen molar-refractivity contribution in [3.63, 3.8) is 0 Å². The highest BCUT2D eigenvalue weighted by atomic mass is 32.2. The highest BCUT2D eigenvalue weighted by molar-refractivity contribution is 7.89. The Morgan fingerprint density at radius 2 is 1.91 bits per heavy atom. The first-order valence-corrected chi connectivity index (χ1v) is 12.8. The van der Waals surface area contributed by atoms with Crippen molar-refractivity contribution in [2.45, 2.75) is 37.1 Å². The average molecular weight is 487 g/mol. The van der Waals surface area contributed by atoms with Crippen LogP contribution in [0.1, 0.15) is 26.2 Å². The van der Waals surface area contributed by atoms with Gasteiger partial charge in [-0.15, -0.1) is 0 Å². The molecule has 2 aliphatic rings. The zero-order valence-electron chi connectivity index (χ0n) is 19.7. The van der Waals surface area contributed by atoms with E-state index in [2.05, 4.69) is 5.32 Å². The van der Waals surface area contributed by atoms with Gasteiger partial charge in [0.2, 0.25) is 21.8 Å². The molecule has 2 aromatic carbocycles. The predicted molar refractivity (Wildman–Crippen MR) is 131 cm³/mol. The molecule has 0 radical (unpaired) electrons. The third-order valence-electron chi connectivity index (χ3n) is 6.14. The third kappa shape index (κ3) is 4.47. The van der Waals surface area contributed by atoms with E-state index < -0.39 is 15.9 Å². The summed E-state index contributed by atoms with van der Waals surface area (Å²) in [6.07, 6.45) is 2.58. The lowest BCUT2D eigenvalue weighted by molar-refractivity contribution is -0.123. The zero-order valence-corrected chi connectivity index (χ0v) is 20.5. The van der Waals surface area contributed by atoms with Gasteiger partial charge < -0.3 is 15.0 Å². The highest BCUT2D eigenvalue weighted by Gasteiger charge is 2.40. The molecule has 34 heavy (non-hydrogen) atoms. The minimum Gasteiger partial charge on any atom is -0.492 e. The Balaban J connectivity index is 1.69. The van der Waals surface area contributed by atoms with Gasteiger partial charge in [0.05, 0.1) is 28.6 Å². The van der Waals surface area contributed by atoms with Crippen molar-refractivity contribution in [1.82, 2.24) is 4.31 Å². The van der Waals surface area contributed by atoms with E-state index in [1.807, 2.05) is 17.9 Å². The van der Waals surface area contributed by atoms with Crippen LogP contribution in [0.3, 0.4) is 0 Å². The number of carbonyl (C=O) groups is 2. The Morgan fingerprint density at radius 3 is 2.65 bits per heavy atom. The lowest BCUT2D eigenvalue weighted by Crippen LogP contribution is -2.56. The lowest BCUT2D eigenvalue weighted by atomic mass is 9.96. The van der Waals surface area contributed by atoms with E-state index in [9.17, 15) is 18.0 Å². The number of hydrogen-bond donors (Lipinski definition) is 1. The Labute approximate surface area is 200 Å². The Kier molecular flexibility index (Phi) is 6.81. The lowest BCUT2D eigenvalue weighted by Gasteiger charge is -2.45. The van der Waals surface area contributed by atoms with Crippen LogP contribution in [0.4, 0.5) is 17.1 Å². The summed E-state index contributed by atoms with van der Waals surface area (Å²) < 4.78 is 32.2. The van der Waals surface area contributed by atoms with Crippen LogP contribution in [0.5, 0.6) is 5.75 Å². The van der Waals surface area contributed by atoms with Crippen molar-refractivity contribution >= 4 is 38.9 Å². The van der Waals surface area contributed by atoms with Crippen molar-refractivity contribution in [2.75, 3.05) is 48.9 Å². The maximum absolute atomic E-state index is 13.5. The summed E-state index contributed by atoms with van der Waals surface area (Å²) in [6, 6.07) is 11.5. The predicted octanol–water partition coefficient (Wildman–Crippen LogP) is 2.68. The molecule has 1 atom stereocenters.